The molecule has 0 spiro atoms. The highest BCUT2D eigenvalue weighted by molar-refractivity contribution is 9.10. The predicted molar refractivity (Wildman–Crippen MR) is 72.2 cm³/mol. The molecule has 0 saturated heterocycles. The van der Waals surface area contributed by atoms with Crippen molar-refractivity contribution in [2.75, 3.05) is 6.54 Å². The van der Waals surface area contributed by atoms with Crippen LogP contribution in [0.4, 0.5) is 4.39 Å². The van der Waals surface area contributed by atoms with Crippen LogP contribution in [0.25, 0.3) is 0 Å². The standard InChI is InChI=1S/C13H15BrFNO3/c1-8(13(18)19)7-16-12(17)5-3-9-2-4-10(14)6-11(9)15/h2,4,6,8H,3,5,7H2,1H3,(H,16,17)(H,18,19)/t8-/m0/s1. The molecule has 0 aliphatic rings. The second kappa shape index (κ2) is 7.23. The highest BCUT2D eigenvalue weighted by atomic mass is 79.9. The first kappa shape index (κ1) is 15.6. The molecule has 1 rings (SSSR count). The van der Waals surface area contributed by atoms with Gasteiger partial charge in [0.25, 0.3) is 0 Å². The molecule has 0 aromatic heterocycles. The molecule has 0 fully saturated rings. The number of carbonyl (C=O) groups is 2. The third-order valence-electron chi connectivity index (χ3n) is 2.66. The van der Waals surface area contributed by atoms with E-state index in [-0.39, 0.29) is 31.1 Å². The SMILES string of the molecule is C[C@@H](CNC(=O)CCc1ccc(Br)cc1F)C(=O)O. The van der Waals surface area contributed by atoms with E-state index in [4.69, 9.17) is 5.11 Å². The number of halogens is 2. The van der Waals surface area contributed by atoms with Crippen LogP contribution in [0.2, 0.25) is 0 Å². The van der Waals surface area contributed by atoms with Crippen LogP contribution in [0.1, 0.15) is 18.9 Å². The summed E-state index contributed by atoms with van der Waals surface area (Å²) in [6.07, 6.45) is 0.414. The molecule has 0 aliphatic carbocycles. The lowest BCUT2D eigenvalue weighted by Gasteiger charge is -2.08. The number of rotatable bonds is 6. The average Bonchev–Trinajstić information content (AvgIpc) is 2.34. The van der Waals surface area contributed by atoms with Crippen LogP contribution < -0.4 is 5.32 Å². The first-order valence-electron chi connectivity index (χ1n) is 5.83. The number of carbonyl (C=O) groups excluding carboxylic acids is 1. The molecule has 2 N–H and O–H groups in total. The number of aliphatic carboxylic acids is 1. The Kier molecular flexibility index (Phi) is 5.95. The number of carboxylic acids is 1. The molecule has 0 radical (unpaired) electrons. The Morgan fingerprint density at radius 3 is 2.74 bits per heavy atom. The van der Waals surface area contributed by atoms with Crippen molar-refractivity contribution >= 4 is 27.8 Å². The Hall–Kier alpha value is -1.43. The summed E-state index contributed by atoms with van der Waals surface area (Å²) in [5, 5.41) is 11.2. The van der Waals surface area contributed by atoms with Gasteiger partial charge in [-0.2, -0.15) is 0 Å². The van der Waals surface area contributed by atoms with Gasteiger partial charge < -0.3 is 10.4 Å². The normalized spacial score (nSPS) is 11.9. The first-order chi connectivity index (χ1) is 8.90. The van der Waals surface area contributed by atoms with Crippen molar-refractivity contribution in [3.05, 3.63) is 34.1 Å². The fourth-order valence-electron chi connectivity index (χ4n) is 1.42. The average molecular weight is 332 g/mol. The van der Waals surface area contributed by atoms with Gasteiger partial charge in [-0.3, -0.25) is 9.59 Å². The molecule has 104 valence electrons. The van der Waals surface area contributed by atoms with Crippen molar-refractivity contribution in [2.45, 2.75) is 19.8 Å². The summed E-state index contributed by atoms with van der Waals surface area (Å²) in [5.41, 5.74) is 0.463. The molecule has 1 amide bonds. The van der Waals surface area contributed by atoms with Gasteiger partial charge in [-0.05, 0) is 24.1 Å². The fourth-order valence-corrected chi connectivity index (χ4v) is 1.75. The van der Waals surface area contributed by atoms with E-state index in [0.29, 0.717) is 10.0 Å². The number of carboxylic acid groups (broad SMARTS) is 1. The van der Waals surface area contributed by atoms with E-state index in [9.17, 15) is 14.0 Å². The first-order valence-corrected chi connectivity index (χ1v) is 6.63. The fraction of sp³-hybridized carbons (Fsp3) is 0.385. The van der Waals surface area contributed by atoms with Crippen LogP contribution in [-0.2, 0) is 16.0 Å². The number of amides is 1. The Labute approximate surface area is 119 Å². The van der Waals surface area contributed by atoms with Crippen LogP contribution >= 0.6 is 15.9 Å². The van der Waals surface area contributed by atoms with Gasteiger partial charge in [-0.25, -0.2) is 4.39 Å². The Balaban J connectivity index is 2.40. The van der Waals surface area contributed by atoms with Crippen LogP contribution in [0.5, 0.6) is 0 Å². The summed E-state index contributed by atoms with van der Waals surface area (Å²) in [5.74, 6) is -2.23. The molecule has 0 saturated carbocycles. The summed E-state index contributed by atoms with van der Waals surface area (Å²) in [6, 6.07) is 4.68. The van der Waals surface area contributed by atoms with E-state index in [1.165, 1.54) is 13.0 Å². The van der Waals surface area contributed by atoms with Crippen molar-refractivity contribution in [2.24, 2.45) is 5.92 Å². The summed E-state index contributed by atoms with van der Waals surface area (Å²) in [7, 11) is 0. The third-order valence-corrected chi connectivity index (χ3v) is 3.16. The zero-order valence-corrected chi connectivity index (χ0v) is 12.0. The maximum absolute atomic E-state index is 13.5. The van der Waals surface area contributed by atoms with E-state index in [2.05, 4.69) is 21.2 Å². The largest absolute Gasteiger partial charge is 0.481 e. The van der Waals surface area contributed by atoms with E-state index in [0.717, 1.165) is 0 Å². The molecule has 6 heteroatoms. The Morgan fingerprint density at radius 1 is 1.47 bits per heavy atom. The molecule has 0 heterocycles. The molecule has 1 aromatic rings. The number of benzene rings is 1. The highest BCUT2D eigenvalue weighted by Gasteiger charge is 2.12. The monoisotopic (exact) mass is 331 g/mol. The van der Waals surface area contributed by atoms with Crippen molar-refractivity contribution in [1.29, 1.82) is 0 Å². The second-order valence-corrected chi connectivity index (χ2v) is 5.19. The zero-order chi connectivity index (χ0) is 14.4. The van der Waals surface area contributed by atoms with E-state index in [1.807, 2.05) is 0 Å². The van der Waals surface area contributed by atoms with Crippen LogP contribution in [0, 0.1) is 11.7 Å². The minimum absolute atomic E-state index is 0.0803. The molecular weight excluding hydrogens is 317 g/mol. The molecule has 19 heavy (non-hydrogen) atoms. The Morgan fingerprint density at radius 2 is 2.16 bits per heavy atom. The zero-order valence-electron chi connectivity index (χ0n) is 10.5. The molecule has 1 atom stereocenters. The lowest BCUT2D eigenvalue weighted by Crippen LogP contribution is -2.31. The summed E-state index contributed by atoms with van der Waals surface area (Å²) in [4.78, 5) is 22.0. The number of hydrogen-bond donors (Lipinski definition) is 2. The second-order valence-electron chi connectivity index (χ2n) is 4.28. The lowest BCUT2D eigenvalue weighted by atomic mass is 10.1. The van der Waals surface area contributed by atoms with E-state index < -0.39 is 11.9 Å². The van der Waals surface area contributed by atoms with Gasteiger partial charge in [0.15, 0.2) is 0 Å². The number of aryl methyl sites for hydroxylation is 1. The van der Waals surface area contributed by atoms with Crippen LogP contribution in [0.3, 0.4) is 0 Å². The van der Waals surface area contributed by atoms with Crippen molar-refractivity contribution in [1.82, 2.24) is 5.32 Å². The van der Waals surface area contributed by atoms with Crippen LogP contribution in [0.15, 0.2) is 22.7 Å². The molecule has 1 aromatic carbocycles. The molecule has 0 bridgehead atoms. The highest BCUT2D eigenvalue weighted by Crippen LogP contribution is 2.16. The van der Waals surface area contributed by atoms with E-state index in [1.54, 1.807) is 12.1 Å². The molecule has 0 unspecified atom stereocenters. The Bertz CT molecular complexity index is 479. The maximum Gasteiger partial charge on any atom is 0.308 e. The predicted octanol–water partition coefficient (Wildman–Crippen LogP) is 2.36. The topological polar surface area (TPSA) is 66.4 Å². The minimum Gasteiger partial charge on any atom is -0.481 e. The van der Waals surface area contributed by atoms with Gasteiger partial charge in [-0.1, -0.05) is 28.9 Å². The maximum atomic E-state index is 13.5. The van der Waals surface area contributed by atoms with Crippen LogP contribution in [-0.4, -0.2) is 23.5 Å². The van der Waals surface area contributed by atoms with Crippen molar-refractivity contribution in [3.63, 3.8) is 0 Å². The number of nitrogens with one attached hydrogen (secondary N) is 1. The van der Waals surface area contributed by atoms with Gasteiger partial charge in [0.2, 0.25) is 5.91 Å². The summed E-state index contributed by atoms with van der Waals surface area (Å²) in [6.45, 7) is 1.59. The smallest absolute Gasteiger partial charge is 0.308 e. The quantitative estimate of drug-likeness (QED) is 0.840. The molecule has 0 aliphatic heterocycles. The van der Waals surface area contributed by atoms with E-state index >= 15 is 0 Å². The summed E-state index contributed by atoms with van der Waals surface area (Å²) < 4.78 is 14.1. The summed E-state index contributed by atoms with van der Waals surface area (Å²) >= 11 is 3.16. The van der Waals surface area contributed by atoms with Gasteiger partial charge in [0.05, 0.1) is 5.92 Å². The lowest BCUT2D eigenvalue weighted by molar-refractivity contribution is -0.141. The van der Waals surface area contributed by atoms with Crippen molar-refractivity contribution in [3.8, 4) is 0 Å². The van der Waals surface area contributed by atoms with Gasteiger partial charge in [0.1, 0.15) is 5.82 Å². The number of hydrogen-bond acceptors (Lipinski definition) is 2. The van der Waals surface area contributed by atoms with Crippen molar-refractivity contribution < 1.29 is 19.1 Å². The van der Waals surface area contributed by atoms with Gasteiger partial charge >= 0.3 is 5.97 Å². The van der Waals surface area contributed by atoms with Gasteiger partial charge in [-0.15, -0.1) is 0 Å². The minimum atomic E-state index is -0.959. The molecular formula is C13H15BrFNO3. The molecule has 4 nitrogen and oxygen atoms in total. The third kappa shape index (κ3) is 5.38. The van der Waals surface area contributed by atoms with Gasteiger partial charge in [0, 0.05) is 17.4 Å².